The number of methoxy groups -OCH3 is 1. The van der Waals surface area contributed by atoms with Crippen LogP contribution in [-0.4, -0.2) is 13.7 Å². The van der Waals surface area contributed by atoms with Gasteiger partial charge in [-0.2, -0.15) is 5.26 Å². The third-order valence-electron chi connectivity index (χ3n) is 2.94. The predicted octanol–water partition coefficient (Wildman–Crippen LogP) is 3.98. The molecule has 0 spiro atoms. The molecule has 0 heterocycles. The van der Waals surface area contributed by atoms with E-state index in [0.29, 0.717) is 5.56 Å². The second-order valence-electron chi connectivity index (χ2n) is 4.33. The number of ether oxygens (including phenoxy) is 1. The lowest BCUT2D eigenvalue weighted by Crippen LogP contribution is -2.06. The van der Waals surface area contributed by atoms with E-state index in [4.69, 9.17) is 10.00 Å². The lowest BCUT2D eigenvalue weighted by Gasteiger charge is -2.10. The molecule has 0 amide bonds. The summed E-state index contributed by atoms with van der Waals surface area (Å²) in [5.74, 6) is 0.904. The molecule has 0 bridgehead atoms. The molecule has 0 aliphatic carbocycles. The summed E-state index contributed by atoms with van der Waals surface area (Å²) in [5.41, 5.74) is 2.74. The van der Waals surface area contributed by atoms with E-state index < -0.39 is 0 Å². The first kappa shape index (κ1) is 14.4. The molecule has 0 saturated heterocycles. The Morgan fingerprint density at radius 3 is 2.80 bits per heavy atom. The highest BCUT2D eigenvalue weighted by Crippen LogP contribution is 2.20. The van der Waals surface area contributed by atoms with Crippen molar-refractivity contribution in [2.75, 3.05) is 19.0 Å². The number of halogens is 1. The van der Waals surface area contributed by atoms with Crippen LogP contribution < -0.4 is 10.1 Å². The summed E-state index contributed by atoms with van der Waals surface area (Å²) in [6.45, 7) is 0.779. The molecule has 3 nitrogen and oxygen atoms in total. The highest BCUT2D eigenvalue weighted by molar-refractivity contribution is 9.10. The summed E-state index contributed by atoms with van der Waals surface area (Å²) < 4.78 is 6.22. The van der Waals surface area contributed by atoms with Gasteiger partial charge in [-0.05, 0) is 36.2 Å². The molecule has 2 rings (SSSR count). The van der Waals surface area contributed by atoms with E-state index in [-0.39, 0.29) is 0 Å². The number of para-hydroxylation sites is 1. The van der Waals surface area contributed by atoms with Gasteiger partial charge in [0.05, 0.1) is 18.7 Å². The average Bonchev–Trinajstić information content (AvgIpc) is 2.47. The summed E-state index contributed by atoms with van der Waals surface area (Å²) >= 11 is 3.40. The standard InChI is InChI=1S/C16H15BrN2O/c1-20-16-5-3-2-4-13(16)6-7-19-15-9-12(11-18)8-14(17)10-15/h2-5,8-10,19H,6-7H2,1H3. The normalized spacial score (nSPS) is 9.85. The lowest BCUT2D eigenvalue weighted by molar-refractivity contribution is 0.410. The van der Waals surface area contributed by atoms with Gasteiger partial charge in [-0.1, -0.05) is 34.1 Å². The van der Waals surface area contributed by atoms with Gasteiger partial charge in [-0.25, -0.2) is 0 Å². The number of nitrogens with one attached hydrogen (secondary N) is 1. The minimum Gasteiger partial charge on any atom is -0.496 e. The Morgan fingerprint density at radius 2 is 2.05 bits per heavy atom. The Hall–Kier alpha value is -1.99. The lowest BCUT2D eigenvalue weighted by atomic mass is 10.1. The molecule has 1 N–H and O–H groups in total. The molecule has 0 fully saturated rings. The molecule has 2 aromatic rings. The third-order valence-corrected chi connectivity index (χ3v) is 3.40. The van der Waals surface area contributed by atoms with Crippen molar-refractivity contribution < 1.29 is 4.74 Å². The Labute approximate surface area is 127 Å². The molecule has 0 aliphatic rings. The molecular weight excluding hydrogens is 316 g/mol. The summed E-state index contributed by atoms with van der Waals surface area (Å²) in [6, 6.07) is 15.7. The molecule has 20 heavy (non-hydrogen) atoms. The van der Waals surface area contributed by atoms with Gasteiger partial charge in [0, 0.05) is 16.7 Å². The molecule has 0 atom stereocenters. The van der Waals surface area contributed by atoms with E-state index in [9.17, 15) is 0 Å². The minimum absolute atomic E-state index is 0.638. The highest BCUT2D eigenvalue weighted by atomic mass is 79.9. The summed E-state index contributed by atoms with van der Waals surface area (Å²) in [5, 5.41) is 12.3. The number of hydrogen-bond acceptors (Lipinski definition) is 3. The fourth-order valence-corrected chi connectivity index (χ4v) is 2.50. The first-order valence-electron chi connectivity index (χ1n) is 6.29. The van der Waals surface area contributed by atoms with Crippen LogP contribution in [0.5, 0.6) is 5.75 Å². The van der Waals surface area contributed by atoms with E-state index in [0.717, 1.165) is 34.4 Å². The SMILES string of the molecule is COc1ccccc1CCNc1cc(Br)cc(C#N)c1. The van der Waals surface area contributed by atoms with Crippen molar-refractivity contribution in [3.8, 4) is 11.8 Å². The van der Waals surface area contributed by atoms with Gasteiger partial charge < -0.3 is 10.1 Å². The van der Waals surface area contributed by atoms with Gasteiger partial charge in [-0.3, -0.25) is 0 Å². The minimum atomic E-state index is 0.638. The zero-order valence-electron chi connectivity index (χ0n) is 11.2. The topological polar surface area (TPSA) is 45.0 Å². The van der Waals surface area contributed by atoms with Crippen molar-refractivity contribution in [2.24, 2.45) is 0 Å². The molecule has 2 aromatic carbocycles. The van der Waals surface area contributed by atoms with Crippen LogP contribution in [0.3, 0.4) is 0 Å². The second-order valence-corrected chi connectivity index (χ2v) is 5.24. The maximum Gasteiger partial charge on any atom is 0.122 e. The molecule has 0 saturated carbocycles. The summed E-state index contributed by atoms with van der Waals surface area (Å²) in [6.07, 6.45) is 0.860. The highest BCUT2D eigenvalue weighted by Gasteiger charge is 2.02. The number of nitriles is 1. The van der Waals surface area contributed by atoms with Gasteiger partial charge >= 0.3 is 0 Å². The van der Waals surface area contributed by atoms with Crippen molar-refractivity contribution in [2.45, 2.75) is 6.42 Å². The largest absolute Gasteiger partial charge is 0.496 e. The molecular formula is C16H15BrN2O. The fraction of sp³-hybridized carbons (Fsp3) is 0.188. The molecule has 0 aliphatic heterocycles. The monoisotopic (exact) mass is 330 g/mol. The van der Waals surface area contributed by atoms with Crippen LogP contribution in [-0.2, 0) is 6.42 Å². The van der Waals surface area contributed by atoms with Crippen molar-refractivity contribution in [1.29, 1.82) is 5.26 Å². The van der Waals surface area contributed by atoms with Crippen molar-refractivity contribution >= 4 is 21.6 Å². The van der Waals surface area contributed by atoms with E-state index >= 15 is 0 Å². The summed E-state index contributed by atoms with van der Waals surface area (Å²) in [4.78, 5) is 0. The van der Waals surface area contributed by atoms with Crippen LogP contribution >= 0.6 is 15.9 Å². The quantitative estimate of drug-likeness (QED) is 0.901. The Kier molecular flexibility index (Phi) is 5.03. The molecule has 0 unspecified atom stereocenters. The van der Waals surface area contributed by atoms with Crippen LogP contribution in [0.25, 0.3) is 0 Å². The maximum atomic E-state index is 8.94. The molecule has 4 heteroatoms. The van der Waals surface area contributed by atoms with Crippen molar-refractivity contribution in [3.63, 3.8) is 0 Å². The van der Waals surface area contributed by atoms with Crippen LogP contribution in [0.2, 0.25) is 0 Å². The first-order valence-corrected chi connectivity index (χ1v) is 7.08. The van der Waals surface area contributed by atoms with Crippen LogP contribution in [0.4, 0.5) is 5.69 Å². The molecule has 0 aromatic heterocycles. The first-order chi connectivity index (χ1) is 9.72. The number of nitrogens with zero attached hydrogens (tertiary/aromatic N) is 1. The van der Waals surface area contributed by atoms with Gasteiger partial charge in [0.15, 0.2) is 0 Å². The Morgan fingerprint density at radius 1 is 1.25 bits per heavy atom. The molecule has 0 radical (unpaired) electrons. The Bertz CT molecular complexity index is 635. The zero-order chi connectivity index (χ0) is 14.4. The van der Waals surface area contributed by atoms with Gasteiger partial charge in [0.2, 0.25) is 0 Å². The number of hydrogen-bond donors (Lipinski definition) is 1. The summed E-state index contributed by atoms with van der Waals surface area (Å²) in [7, 11) is 1.68. The average molecular weight is 331 g/mol. The Balaban J connectivity index is 1.99. The van der Waals surface area contributed by atoms with Crippen LogP contribution in [0.15, 0.2) is 46.9 Å². The van der Waals surface area contributed by atoms with Gasteiger partial charge in [0.1, 0.15) is 5.75 Å². The van der Waals surface area contributed by atoms with Crippen LogP contribution in [0.1, 0.15) is 11.1 Å². The second kappa shape index (κ2) is 6.97. The van der Waals surface area contributed by atoms with Gasteiger partial charge in [0.25, 0.3) is 0 Å². The number of rotatable bonds is 5. The number of anilines is 1. The van der Waals surface area contributed by atoms with Crippen molar-refractivity contribution in [3.05, 3.63) is 58.1 Å². The van der Waals surface area contributed by atoms with Crippen molar-refractivity contribution in [1.82, 2.24) is 0 Å². The third kappa shape index (κ3) is 3.75. The van der Waals surface area contributed by atoms with Gasteiger partial charge in [-0.15, -0.1) is 0 Å². The fourth-order valence-electron chi connectivity index (χ4n) is 2.01. The maximum absolute atomic E-state index is 8.94. The number of benzene rings is 2. The smallest absolute Gasteiger partial charge is 0.122 e. The van der Waals surface area contributed by atoms with E-state index in [2.05, 4.69) is 33.4 Å². The molecule has 102 valence electrons. The predicted molar refractivity (Wildman–Crippen MR) is 84.0 cm³/mol. The van der Waals surface area contributed by atoms with E-state index in [1.165, 1.54) is 0 Å². The zero-order valence-corrected chi connectivity index (χ0v) is 12.8. The van der Waals surface area contributed by atoms with E-state index in [1.54, 1.807) is 13.2 Å². The van der Waals surface area contributed by atoms with E-state index in [1.807, 2.05) is 30.3 Å². The van der Waals surface area contributed by atoms with Crippen LogP contribution in [0, 0.1) is 11.3 Å².